The van der Waals surface area contributed by atoms with Crippen LogP contribution in [0.25, 0.3) is 5.20 Å². The molecule has 1 unspecified atom stereocenters. The van der Waals surface area contributed by atoms with Gasteiger partial charge in [-0.15, -0.1) is 0 Å². The molecule has 128 valence electrons. The van der Waals surface area contributed by atoms with Crippen LogP contribution in [-0.4, -0.2) is 13.1 Å². The van der Waals surface area contributed by atoms with Crippen molar-refractivity contribution in [1.82, 2.24) is 4.98 Å². The number of pyridine rings is 1. The Kier molecular flexibility index (Phi) is 11.5. The fraction of sp³-hybridized carbons (Fsp3) is 0.278. The van der Waals surface area contributed by atoms with Crippen molar-refractivity contribution >= 4 is 13.3 Å². The van der Waals surface area contributed by atoms with Crippen molar-refractivity contribution < 1.29 is 54.6 Å². The second kappa shape index (κ2) is 10.7. The Morgan fingerprint density at radius 3 is 2.29 bits per heavy atom. The molecule has 1 nitrogen and oxygen atoms in total. The number of aromatic nitrogens is 1. The molecule has 0 fully saturated rings. The number of benzene rings is 1. The maximum atomic E-state index is 4.43. The third-order valence-electron chi connectivity index (χ3n) is 3.90. The molecule has 24 heavy (non-hydrogen) atoms. The van der Waals surface area contributed by atoms with Gasteiger partial charge in [0.15, 0.2) is 0 Å². The van der Waals surface area contributed by atoms with Crippen LogP contribution in [0.2, 0.25) is 19.6 Å². The van der Waals surface area contributed by atoms with Crippen molar-refractivity contribution in [3.8, 4) is 0 Å². The van der Waals surface area contributed by atoms with E-state index in [0.717, 1.165) is 12.1 Å². The van der Waals surface area contributed by atoms with Gasteiger partial charge in [0.2, 0.25) is 0 Å². The molecule has 0 spiro atoms. The Balaban J connectivity index is 0. The largest absolute Gasteiger partial charge is 4.00 e. The van der Waals surface area contributed by atoms with Crippen LogP contribution in [0.4, 0.5) is 0 Å². The summed E-state index contributed by atoms with van der Waals surface area (Å²) in [5.74, 6) is 0.457. The van der Waals surface area contributed by atoms with Crippen molar-refractivity contribution in [1.29, 1.82) is 0 Å². The zero-order chi connectivity index (χ0) is 14.2. The van der Waals surface area contributed by atoms with E-state index in [1.807, 2.05) is 18.3 Å². The van der Waals surface area contributed by atoms with Crippen molar-refractivity contribution in [3.63, 3.8) is 0 Å². The fourth-order valence-electron chi connectivity index (χ4n) is 2.95. The Bertz CT molecular complexity index is 657. The molecule has 0 aliphatic heterocycles. The third kappa shape index (κ3) is 5.63. The molecule has 0 saturated heterocycles. The molecule has 0 saturated carbocycles. The zero-order valence-corrected chi connectivity index (χ0v) is 18.4. The molecule has 1 aromatic carbocycles. The van der Waals surface area contributed by atoms with Crippen LogP contribution in [0, 0.1) is 6.07 Å². The molecule has 0 bridgehead atoms. The summed E-state index contributed by atoms with van der Waals surface area (Å²) in [6, 6.07) is 16.0. The number of nitrogens with zero attached hydrogens (tertiary/aromatic N) is 1. The number of hydrogen-bond donors (Lipinski definition) is 0. The minimum Gasteiger partial charge on any atom is -1.00 e. The van der Waals surface area contributed by atoms with E-state index in [-0.39, 0.29) is 54.6 Å². The van der Waals surface area contributed by atoms with E-state index >= 15 is 0 Å². The molecule has 1 aliphatic carbocycles. The van der Waals surface area contributed by atoms with E-state index in [2.05, 4.69) is 61.0 Å². The van der Waals surface area contributed by atoms with Crippen LogP contribution in [0.1, 0.15) is 22.7 Å². The molecule has 2 aromatic rings. The van der Waals surface area contributed by atoms with Crippen LogP contribution in [0.5, 0.6) is 0 Å². The maximum absolute atomic E-state index is 4.43. The van der Waals surface area contributed by atoms with Gasteiger partial charge in [0, 0.05) is 5.92 Å². The first-order valence-corrected chi connectivity index (χ1v) is 10.7. The summed E-state index contributed by atoms with van der Waals surface area (Å²) < 4.78 is 0. The summed E-state index contributed by atoms with van der Waals surface area (Å²) in [4.78, 5) is 4.43. The van der Waals surface area contributed by atoms with Gasteiger partial charge in [-0.2, -0.15) is 6.07 Å². The molecule has 0 N–H and O–H groups in total. The molecule has 1 aromatic heterocycles. The summed E-state index contributed by atoms with van der Waals surface area (Å²) in [7, 11) is -1.30. The van der Waals surface area contributed by atoms with Gasteiger partial charge in [-0.05, 0) is 17.5 Å². The van der Waals surface area contributed by atoms with E-state index < -0.39 is 8.07 Å². The summed E-state index contributed by atoms with van der Waals surface area (Å²) in [6.07, 6.45) is 5.29. The van der Waals surface area contributed by atoms with Crippen LogP contribution in [0.3, 0.4) is 0 Å². The molecule has 1 aliphatic rings. The summed E-state index contributed by atoms with van der Waals surface area (Å²) in [5.41, 5.74) is 3.98. The fourth-order valence-corrected chi connectivity index (χ4v) is 4.68. The Morgan fingerprint density at radius 1 is 1.04 bits per heavy atom. The van der Waals surface area contributed by atoms with E-state index in [1.54, 1.807) is 5.20 Å². The molecule has 0 amide bonds. The second-order valence-corrected chi connectivity index (χ2v) is 11.5. The molecule has 0 radical (unpaired) electrons. The van der Waals surface area contributed by atoms with E-state index in [1.165, 1.54) is 11.1 Å². The van der Waals surface area contributed by atoms with Gasteiger partial charge in [0.25, 0.3) is 0 Å². The van der Waals surface area contributed by atoms with Crippen molar-refractivity contribution in [2.45, 2.75) is 32.0 Å². The normalized spacial score (nSPS) is 14.8. The maximum Gasteiger partial charge on any atom is 4.00 e. The first kappa shape index (κ1) is 26.0. The van der Waals surface area contributed by atoms with Gasteiger partial charge in [-0.1, -0.05) is 67.1 Å². The van der Waals surface area contributed by atoms with Gasteiger partial charge in [0.05, 0.1) is 8.07 Å². The predicted molar refractivity (Wildman–Crippen MR) is 87.3 cm³/mol. The molecular weight excluding hydrogens is 417 g/mol. The van der Waals surface area contributed by atoms with Crippen molar-refractivity contribution in [2.24, 2.45) is 0 Å². The Morgan fingerprint density at radius 2 is 1.71 bits per heavy atom. The van der Waals surface area contributed by atoms with Gasteiger partial charge >= 0.3 is 17.4 Å². The summed E-state index contributed by atoms with van der Waals surface area (Å²) in [6.45, 7) is 7.26. The first-order valence-electron chi connectivity index (χ1n) is 7.19. The van der Waals surface area contributed by atoms with E-state index in [9.17, 15) is 0 Å². The molecule has 3 rings (SSSR count). The average Bonchev–Trinajstić information content (AvgIpc) is 2.79. The predicted octanol–water partition coefficient (Wildman–Crippen LogP) is -4.51. The quantitative estimate of drug-likeness (QED) is 0.349. The van der Waals surface area contributed by atoms with E-state index in [4.69, 9.17) is 0 Å². The Hall–Kier alpha value is -0.271. The minimum atomic E-state index is -1.30. The second-order valence-electron chi connectivity index (χ2n) is 6.46. The molecular formula is C18H20Cl3CrNSi. The average molecular weight is 437 g/mol. The summed E-state index contributed by atoms with van der Waals surface area (Å²) >= 11 is 0. The van der Waals surface area contributed by atoms with Crippen LogP contribution >= 0.6 is 0 Å². The SMILES string of the molecule is C[Si](C)(C)C1=CC(Cc2[c-]cccn2)c2ccccc21.[Cl-].[Cl-].[Cl-].[Cr+4]. The van der Waals surface area contributed by atoms with E-state index in [0.29, 0.717) is 5.92 Å². The van der Waals surface area contributed by atoms with Crippen LogP contribution in [-0.2, 0) is 23.8 Å². The number of fused-ring (bicyclic) bond motifs is 1. The minimum absolute atomic E-state index is 0. The molecule has 6 heteroatoms. The zero-order valence-electron chi connectivity index (χ0n) is 13.9. The van der Waals surface area contributed by atoms with Crippen LogP contribution in [0.15, 0.2) is 48.7 Å². The van der Waals surface area contributed by atoms with Crippen molar-refractivity contribution in [2.75, 3.05) is 0 Å². The number of halogens is 3. The van der Waals surface area contributed by atoms with Gasteiger partial charge in [0.1, 0.15) is 0 Å². The smallest absolute Gasteiger partial charge is 1.00 e. The number of rotatable bonds is 3. The van der Waals surface area contributed by atoms with Gasteiger partial charge in [-0.25, -0.2) is 12.1 Å². The third-order valence-corrected chi connectivity index (χ3v) is 5.95. The number of hydrogen-bond acceptors (Lipinski definition) is 1. The molecule has 1 heterocycles. The Labute approximate surface area is 175 Å². The van der Waals surface area contributed by atoms with Crippen molar-refractivity contribution in [3.05, 3.63) is 71.6 Å². The summed E-state index contributed by atoms with van der Waals surface area (Å²) in [5, 5.41) is 1.59. The van der Waals surface area contributed by atoms with Gasteiger partial charge in [-0.3, -0.25) is 0 Å². The standard InChI is InChI=1S/C18H20NSi.3ClH.Cr/c1-20(2,3)18-13-14(12-15-8-6-7-11-19-15)16-9-4-5-10-17(16)18;;;;/h4-7,9-11,13-14H,12H2,1-3H3;3*1H;/q-1;;;;+4/p-3. The first-order chi connectivity index (χ1) is 9.55. The molecule has 1 atom stereocenters. The number of allylic oxidation sites excluding steroid dienone is 1. The van der Waals surface area contributed by atoms with Gasteiger partial charge < -0.3 is 42.2 Å². The topological polar surface area (TPSA) is 12.9 Å². The monoisotopic (exact) mass is 435 g/mol. The van der Waals surface area contributed by atoms with Crippen LogP contribution < -0.4 is 37.2 Å².